The molecule has 0 bridgehead atoms. The molecule has 0 amide bonds. The first-order valence-electron chi connectivity index (χ1n) is 9.94. The van der Waals surface area contributed by atoms with Gasteiger partial charge in [0.15, 0.2) is 0 Å². The fourth-order valence-corrected chi connectivity index (χ4v) is 3.56. The van der Waals surface area contributed by atoms with Crippen LogP contribution in [-0.2, 0) is 11.2 Å². The summed E-state index contributed by atoms with van der Waals surface area (Å²) in [4.78, 5) is 11.9. The second kappa shape index (κ2) is 11.3. The van der Waals surface area contributed by atoms with Crippen LogP contribution in [0.1, 0.15) is 36.8 Å². The monoisotopic (exact) mass is 400 g/mol. The fourth-order valence-electron chi connectivity index (χ4n) is 3.56. The van der Waals surface area contributed by atoms with Gasteiger partial charge in [0.1, 0.15) is 28.8 Å². The minimum absolute atomic E-state index is 0.153. The number of hydrogen-bond acceptors (Lipinski definition) is 5. The van der Waals surface area contributed by atoms with Crippen molar-refractivity contribution in [1.82, 2.24) is 0 Å². The van der Waals surface area contributed by atoms with E-state index < -0.39 is 0 Å². The quantitative estimate of drug-likeness (QED) is 0.682. The maximum Gasteiger partial charge on any atom is 0.136 e. The van der Waals surface area contributed by atoms with Crippen LogP contribution in [0, 0.1) is 12.8 Å². The first kappa shape index (κ1) is 22.6. The molecule has 0 N–H and O–H groups in total. The number of methoxy groups -OCH3 is 4. The third-order valence-electron chi connectivity index (χ3n) is 5.24. The highest BCUT2D eigenvalue weighted by molar-refractivity contribution is 5.82. The van der Waals surface area contributed by atoms with Crippen molar-refractivity contribution in [2.75, 3.05) is 28.4 Å². The molecule has 158 valence electrons. The second-order valence-corrected chi connectivity index (χ2v) is 7.13. The SMILES string of the molecule is COc1ccc(OC)c(C)c1.COc1ccc(OC)c(CC2CCCCC2=O)c1. The molecule has 1 unspecified atom stereocenters. The van der Waals surface area contributed by atoms with E-state index in [4.69, 9.17) is 18.9 Å². The molecule has 0 saturated heterocycles. The maximum absolute atomic E-state index is 11.9. The van der Waals surface area contributed by atoms with Gasteiger partial charge in [0.2, 0.25) is 0 Å². The van der Waals surface area contributed by atoms with Gasteiger partial charge in [0, 0.05) is 12.3 Å². The molecule has 1 aliphatic rings. The Hall–Kier alpha value is -2.69. The van der Waals surface area contributed by atoms with Crippen molar-refractivity contribution in [3.63, 3.8) is 0 Å². The lowest BCUT2D eigenvalue weighted by molar-refractivity contribution is -0.124. The molecular formula is C24H32O5. The van der Waals surface area contributed by atoms with Gasteiger partial charge in [-0.2, -0.15) is 0 Å². The molecule has 0 spiro atoms. The number of hydrogen-bond donors (Lipinski definition) is 0. The van der Waals surface area contributed by atoms with E-state index in [1.807, 2.05) is 43.3 Å². The maximum atomic E-state index is 11.9. The fraction of sp³-hybridized carbons (Fsp3) is 0.458. The van der Waals surface area contributed by atoms with Crippen LogP contribution in [0.15, 0.2) is 36.4 Å². The van der Waals surface area contributed by atoms with Gasteiger partial charge in [-0.3, -0.25) is 4.79 Å². The topological polar surface area (TPSA) is 54.0 Å². The Kier molecular flexibility index (Phi) is 8.84. The molecule has 3 rings (SSSR count). The zero-order valence-electron chi connectivity index (χ0n) is 18.1. The predicted octanol–water partition coefficient (Wildman–Crippen LogP) is 5.02. The number of ketones is 1. The van der Waals surface area contributed by atoms with Crippen LogP contribution < -0.4 is 18.9 Å². The zero-order chi connectivity index (χ0) is 21.2. The predicted molar refractivity (Wildman–Crippen MR) is 114 cm³/mol. The zero-order valence-corrected chi connectivity index (χ0v) is 18.1. The van der Waals surface area contributed by atoms with E-state index in [0.717, 1.165) is 66.2 Å². The summed E-state index contributed by atoms with van der Waals surface area (Å²) in [6, 6.07) is 11.5. The summed E-state index contributed by atoms with van der Waals surface area (Å²) in [6.45, 7) is 1.99. The Morgan fingerprint density at radius 2 is 1.45 bits per heavy atom. The molecule has 1 aliphatic carbocycles. The van der Waals surface area contributed by atoms with Crippen LogP contribution in [0.3, 0.4) is 0 Å². The van der Waals surface area contributed by atoms with Crippen LogP contribution in [0.4, 0.5) is 0 Å². The minimum atomic E-state index is 0.153. The number of benzene rings is 2. The Labute approximate surface area is 173 Å². The van der Waals surface area contributed by atoms with Crippen molar-refractivity contribution in [3.05, 3.63) is 47.5 Å². The van der Waals surface area contributed by atoms with Gasteiger partial charge < -0.3 is 18.9 Å². The number of carbonyl (C=O) groups excluding carboxylic acids is 1. The largest absolute Gasteiger partial charge is 0.497 e. The number of aryl methyl sites for hydroxylation is 1. The van der Waals surface area contributed by atoms with Crippen molar-refractivity contribution >= 4 is 5.78 Å². The number of ether oxygens (including phenoxy) is 4. The Bertz CT molecular complexity index is 800. The molecular weight excluding hydrogens is 368 g/mol. The third kappa shape index (κ3) is 6.41. The summed E-state index contributed by atoms with van der Waals surface area (Å²) in [5.41, 5.74) is 2.16. The average Bonchev–Trinajstić information content (AvgIpc) is 2.75. The minimum Gasteiger partial charge on any atom is -0.497 e. The second-order valence-electron chi connectivity index (χ2n) is 7.13. The highest BCUT2D eigenvalue weighted by Crippen LogP contribution is 2.30. The Morgan fingerprint density at radius 1 is 0.828 bits per heavy atom. The Morgan fingerprint density at radius 3 is 2.00 bits per heavy atom. The molecule has 1 atom stereocenters. The highest BCUT2D eigenvalue weighted by atomic mass is 16.5. The highest BCUT2D eigenvalue weighted by Gasteiger charge is 2.23. The van der Waals surface area contributed by atoms with Crippen LogP contribution >= 0.6 is 0 Å². The van der Waals surface area contributed by atoms with Gasteiger partial charge in [-0.1, -0.05) is 6.42 Å². The lowest BCUT2D eigenvalue weighted by Gasteiger charge is -2.21. The van der Waals surface area contributed by atoms with Crippen molar-refractivity contribution in [3.8, 4) is 23.0 Å². The first-order chi connectivity index (χ1) is 14.0. The lowest BCUT2D eigenvalue weighted by Crippen LogP contribution is -2.21. The van der Waals surface area contributed by atoms with Gasteiger partial charge >= 0.3 is 0 Å². The summed E-state index contributed by atoms with van der Waals surface area (Å²) >= 11 is 0. The molecule has 29 heavy (non-hydrogen) atoms. The summed E-state index contributed by atoms with van der Waals surface area (Å²) in [7, 11) is 6.63. The smallest absolute Gasteiger partial charge is 0.136 e. The van der Waals surface area contributed by atoms with Crippen LogP contribution in [0.2, 0.25) is 0 Å². The van der Waals surface area contributed by atoms with Crippen LogP contribution in [0.5, 0.6) is 23.0 Å². The molecule has 1 fully saturated rings. The number of rotatable bonds is 6. The van der Waals surface area contributed by atoms with E-state index in [-0.39, 0.29) is 5.92 Å². The van der Waals surface area contributed by atoms with Crippen molar-refractivity contribution in [2.45, 2.75) is 39.0 Å². The van der Waals surface area contributed by atoms with Gasteiger partial charge in [-0.05, 0) is 73.7 Å². The normalized spacial score (nSPS) is 15.8. The summed E-state index contributed by atoms with van der Waals surface area (Å²) in [6.07, 6.45) is 4.70. The molecule has 5 heteroatoms. The van der Waals surface area contributed by atoms with Crippen LogP contribution in [-0.4, -0.2) is 34.2 Å². The number of Topliss-reactive ketones (excluding diaryl/α,β-unsaturated/α-hetero) is 1. The summed E-state index contributed by atoms with van der Waals surface area (Å²) < 4.78 is 20.7. The van der Waals surface area contributed by atoms with Gasteiger partial charge in [0.25, 0.3) is 0 Å². The van der Waals surface area contributed by atoms with Gasteiger partial charge in [0.05, 0.1) is 28.4 Å². The molecule has 2 aromatic rings. The van der Waals surface area contributed by atoms with Gasteiger partial charge in [-0.15, -0.1) is 0 Å². The third-order valence-corrected chi connectivity index (χ3v) is 5.24. The molecule has 0 heterocycles. The summed E-state index contributed by atoms with van der Waals surface area (Å²) in [5, 5.41) is 0. The molecule has 2 aromatic carbocycles. The van der Waals surface area contributed by atoms with E-state index in [0.29, 0.717) is 5.78 Å². The first-order valence-corrected chi connectivity index (χ1v) is 9.94. The molecule has 1 saturated carbocycles. The van der Waals surface area contributed by atoms with Crippen LogP contribution in [0.25, 0.3) is 0 Å². The molecule has 0 radical (unpaired) electrons. The van der Waals surface area contributed by atoms with E-state index in [1.54, 1.807) is 28.4 Å². The van der Waals surface area contributed by atoms with E-state index >= 15 is 0 Å². The standard InChI is InChI=1S/C15H20O3.C9H12O2/c1-17-13-7-8-15(18-2)12(10-13)9-11-5-3-4-6-14(11)16;1-7-6-8(10-2)4-5-9(7)11-3/h7-8,10-11H,3-6,9H2,1-2H3;4-6H,1-3H3. The Balaban J connectivity index is 0.000000234. The van der Waals surface area contributed by atoms with Crippen molar-refractivity contribution < 1.29 is 23.7 Å². The van der Waals surface area contributed by atoms with E-state index in [1.165, 1.54) is 0 Å². The molecule has 0 aromatic heterocycles. The number of carbonyl (C=O) groups is 1. The summed E-state index contributed by atoms with van der Waals surface area (Å²) in [5.74, 6) is 3.96. The van der Waals surface area contributed by atoms with E-state index in [2.05, 4.69) is 0 Å². The van der Waals surface area contributed by atoms with Crippen molar-refractivity contribution in [1.29, 1.82) is 0 Å². The molecule has 0 aliphatic heterocycles. The average molecular weight is 401 g/mol. The van der Waals surface area contributed by atoms with Crippen molar-refractivity contribution in [2.24, 2.45) is 5.92 Å². The van der Waals surface area contributed by atoms with E-state index in [9.17, 15) is 4.79 Å². The lowest BCUT2D eigenvalue weighted by atomic mass is 9.83. The molecule has 5 nitrogen and oxygen atoms in total. The van der Waals surface area contributed by atoms with Gasteiger partial charge in [-0.25, -0.2) is 0 Å².